The maximum absolute atomic E-state index is 12.9. The second-order valence-electron chi connectivity index (χ2n) is 8.55. The fourth-order valence-corrected chi connectivity index (χ4v) is 5.95. The first-order valence-corrected chi connectivity index (χ1v) is 12.0. The first-order valence-electron chi connectivity index (χ1n) is 10.8. The number of nitrogens with one attached hydrogen (secondary N) is 2. The van der Waals surface area contributed by atoms with Crippen LogP contribution in [0.5, 0.6) is 0 Å². The molecule has 0 spiro atoms. The van der Waals surface area contributed by atoms with Gasteiger partial charge in [-0.2, -0.15) is 5.10 Å². The summed E-state index contributed by atoms with van der Waals surface area (Å²) in [5, 5.41) is 7.67. The molecular weight excluding hydrogens is 416 g/mol. The van der Waals surface area contributed by atoms with Gasteiger partial charge in [-0.25, -0.2) is 9.00 Å². The third-order valence-electron chi connectivity index (χ3n) is 6.79. The quantitative estimate of drug-likeness (QED) is 0.739. The lowest BCUT2D eigenvalue weighted by Gasteiger charge is -2.25. The van der Waals surface area contributed by atoms with E-state index in [1.807, 2.05) is 0 Å². The van der Waals surface area contributed by atoms with Crippen LogP contribution >= 0.6 is 0 Å². The van der Waals surface area contributed by atoms with E-state index in [-0.39, 0.29) is 0 Å². The van der Waals surface area contributed by atoms with E-state index >= 15 is 0 Å². The van der Waals surface area contributed by atoms with Gasteiger partial charge in [-0.1, -0.05) is 6.07 Å². The molecule has 31 heavy (non-hydrogen) atoms. The molecule has 0 saturated carbocycles. The number of aromatic nitrogens is 2. The topological polar surface area (TPSA) is 94.5 Å². The third-order valence-corrected chi connectivity index (χ3v) is 7.74. The van der Waals surface area contributed by atoms with Gasteiger partial charge in [0.2, 0.25) is 0 Å². The number of rotatable bonds is 5. The molecule has 166 valence electrons. The molecular formula is C22H28N4O4S. The average Bonchev–Trinajstić information content (AvgIpc) is 3.53. The van der Waals surface area contributed by atoms with Gasteiger partial charge in [0.15, 0.2) is 16.0 Å². The van der Waals surface area contributed by atoms with Crippen LogP contribution in [0, 0.1) is 0 Å². The van der Waals surface area contributed by atoms with E-state index < -0.39 is 22.6 Å². The molecule has 0 bridgehead atoms. The number of carbonyl (C=O) groups excluding carboxylic acids is 1. The van der Waals surface area contributed by atoms with E-state index in [4.69, 9.17) is 9.47 Å². The Morgan fingerprint density at radius 3 is 2.52 bits per heavy atom. The highest BCUT2D eigenvalue weighted by molar-refractivity contribution is 7.83. The molecule has 9 heteroatoms. The zero-order chi connectivity index (χ0) is 21.6. The molecule has 1 aliphatic heterocycles. The van der Waals surface area contributed by atoms with Gasteiger partial charge in [0.05, 0.1) is 12.3 Å². The molecule has 3 aliphatic rings. The monoisotopic (exact) mass is 444 g/mol. The number of hydrogen-bond donors (Lipinski definition) is 2. The van der Waals surface area contributed by atoms with Gasteiger partial charge in [0, 0.05) is 38.9 Å². The Hall–Kier alpha value is -2.23. The Balaban J connectivity index is 1.34. The summed E-state index contributed by atoms with van der Waals surface area (Å²) in [6, 6.07) is 3.58. The Morgan fingerprint density at radius 1 is 1.19 bits per heavy atom. The number of benzene rings is 1. The first kappa shape index (κ1) is 20.7. The predicted octanol–water partition coefficient (Wildman–Crippen LogP) is 2.50. The van der Waals surface area contributed by atoms with Crippen LogP contribution in [-0.2, 0) is 58.8 Å². The fraction of sp³-hybridized carbons (Fsp3) is 0.545. The van der Waals surface area contributed by atoms with Crippen LogP contribution < -0.4 is 10.0 Å². The van der Waals surface area contributed by atoms with Gasteiger partial charge in [0.1, 0.15) is 5.60 Å². The van der Waals surface area contributed by atoms with Crippen molar-refractivity contribution >= 4 is 22.7 Å². The summed E-state index contributed by atoms with van der Waals surface area (Å²) in [6.07, 6.45) is 7.01. The smallest absolute Gasteiger partial charge is 0.331 e. The minimum atomic E-state index is -1.78. The van der Waals surface area contributed by atoms with Gasteiger partial charge < -0.3 is 14.8 Å². The van der Waals surface area contributed by atoms with Crippen molar-refractivity contribution in [3.63, 3.8) is 0 Å². The molecule has 1 aromatic heterocycles. The summed E-state index contributed by atoms with van der Waals surface area (Å²) in [5.74, 6) is 0. The summed E-state index contributed by atoms with van der Waals surface area (Å²) < 4.78 is 28.3. The van der Waals surface area contributed by atoms with Crippen LogP contribution in [-0.4, -0.2) is 40.3 Å². The summed E-state index contributed by atoms with van der Waals surface area (Å²) in [7, 11) is 1.64. The van der Waals surface area contributed by atoms with Crippen LogP contribution in [0.2, 0.25) is 0 Å². The number of urea groups is 1. The Labute approximate surface area is 184 Å². The predicted molar refractivity (Wildman–Crippen MR) is 116 cm³/mol. The molecule has 2 amide bonds. The highest BCUT2D eigenvalue weighted by atomic mass is 32.2. The molecule has 2 aliphatic carbocycles. The minimum Gasteiger partial charge on any atom is -0.378 e. The molecule has 8 nitrogen and oxygen atoms in total. The molecule has 2 N–H and O–H groups in total. The number of fused-ring (bicyclic) bond motifs is 2. The molecule has 1 fully saturated rings. The molecule has 0 radical (unpaired) electrons. The number of anilines is 1. The standard InChI is InChI=1S/C22H28N4O4S/c1-26-18(22(29-2)9-10-30-13-22)12-19(24-26)31(28)25-21(27)23-20-16-7-3-5-14(16)11-15-6-4-8-17(15)20/h11-12H,3-10,13H2,1-2H3,(H2,23,25,27). The second kappa shape index (κ2) is 8.03. The maximum atomic E-state index is 12.9. The normalized spacial score (nSPS) is 22.9. The summed E-state index contributed by atoms with van der Waals surface area (Å²) in [5.41, 5.74) is 6.29. The van der Waals surface area contributed by atoms with Crippen molar-refractivity contribution in [1.82, 2.24) is 14.5 Å². The van der Waals surface area contributed by atoms with Crippen molar-refractivity contribution in [3.05, 3.63) is 40.1 Å². The summed E-state index contributed by atoms with van der Waals surface area (Å²) >= 11 is 0. The van der Waals surface area contributed by atoms with Crippen LogP contribution in [0.4, 0.5) is 10.5 Å². The summed E-state index contributed by atoms with van der Waals surface area (Å²) in [6.45, 7) is 1.02. The number of amides is 2. The van der Waals surface area contributed by atoms with E-state index in [2.05, 4.69) is 21.2 Å². The average molecular weight is 445 g/mol. The Morgan fingerprint density at radius 2 is 1.90 bits per heavy atom. The van der Waals surface area contributed by atoms with E-state index in [9.17, 15) is 9.00 Å². The molecule has 5 rings (SSSR count). The highest BCUT2D eigenvalue weighted by Gasteiger charge is 2.40. The van der Waals surface area contributed by atoms with Crippen molar-refractivity contribution in [3.8, 4) is 0 Å². The number of carbonyl (C=O) groups is 1. The molecule has 2 heterocycles. The lowest BCUT2D eigenvalue weighted by molar-refractivity contribution is -0.0272. The highest BCUT2D eigenvalue weighted by Crippen LogP contribution is 2.38. The van der Waals surface area contributed by atoms with E-state index in [0.29, 0.717) is 24.7 Å². The fourth-order valence-electron chi connectivity index (χ4n) is 5.21. The van der Waals surface area contributed by atoms with Gasteiger partial charge in [-0.15, -0.1) is 0 Å². The maximum Gasteiger partial charge on any atom is 0.331 e. The van der Waals surface area contributed by atoms with Crippen LogP contribution in [0.15, 0.2) is 17.2 Å². The molecule has 2 atom stereocenters. The number of nitrogens with zero attached hydrogens (tertiary/aromatic N) is 2. The van der Waals surface area contributed by atoms with E-state index in [1.54, 1.807) is 24.9 Å². The van der Waals surface area contributed by atoms with Crippen LogP contribution in [0.25, 0.3) is 0 Å². The molecule has 1 aromatic carbocycles. The molecule has 2 aromatic rings. The van der Waals surface area contributed by atoms with Crippen molar-refractivity contribution in [2.75, 3.05) is 25.6 Å². The lowest BCUT2D eigenvalue weighted by atomic mass is 9.99. The van der Waals surface area contributed by atoms with Gasteiger partial charge in [-0.05, 0) is 60.8 Å². The van der Waals surface area contributed by atoms with E-state index in [0.717, 1.165) is 49.9 Å². The van der Waals surface area contributed by atoms with Crippen molar-refractivity contribution in [1.29, 1.82) is 0 Å². The zero-order valence-corrected chi connectivity index (χ0v) is 18.8. The minimum absolute atomic E-state index is 0.291. The van der Waals surface area contributed by atoms with E-state index in [1.165, 1.54) is 22.3 Å². The third kappa shape index (κ3) is 3.58. The number of ether oxygens (including phenoxy) is 2. The Bertz CT molecular complexity index is 1030. The van der Waals surface area contributed by atoms with Crippen molar-refractivity contribution in [2.24, 2.45) is 7.05 Å². The van der Waals surface area contributed by atoms with Gasteiger partial charge in [-0.3, -0.25) is 9.40 Å². The van der Waals surface area contributed by atoms with Crippen LogP contribution in [0.3, 0.4) is 0 Å². The number of aryl methyl sites for hydroxylation is 3. The van der Waals surface area contributed by atoms with Crippen LogP contribution in [0.1, 0.15) is 47.2 Å². The summed E-state index contributed by atoms with van der Waals surface area (Å²) in [4.78, 5) is 12.8. The van der Waals surface area contributed by atoms with Gasteiger partial charge >= 0.3 is 6.03 Å². The van der Waals surface area contributed by atoms with Gasteiger partial charge in [0.25, 0.3) is 0 Å². The Kier molecular flexibility index (Phi) is 5.35. The zero-order valence-electron chi connectivity index (χ0n) is 18.0. The lowest BCUT2D eigenvalue weighted by Crippen LogP contribution is -2.31. The van der Waals surface area contributed by atoms with Crippen molar-refractivity contribution < 1.29 is 18.5 Å². The molecule has 2 unspecified atom stereocenters. The number of hydrogen-bond acceptors (Lipinski definition) is 5. The first-order chi connectivity index (χ1) is 15.0. The SMILES string of the molecule is COC1(c2cc(S(=O)NC(=O)Nc3c4c(cc5c3CCC5)CCC4)nn2C)CCOC1. The van der Waals surface area contributed by atoms with Crippen molar-refractivity contribution in [2.45, 2.75) is 55.6 Å². The molecule has 1 saturated heterocycles. The largest absolute Gasteiger partial charge is 0.378 e. The second-order valence-corrected chi connectivity index (χ2v) is 9.71. The number of methoxy groups -OCH3 is 1.